The number of hydrogen-bond donors (Lipinski definition) is 1. The first-order chi connectivity index (χ1) is 13.5. The number of esters is 1. The van der Waals surface area contributed by atoms with Crippen LogP contribution in [0.4, 0.5) is 11.4 Å². The zero-order valence-electron chi connectivity index (χ0n) is 15.3. The fourth-order valence-corrected chi connectivity index (χ4v) is 2.86. The number of carbonyl (C=O) groups is 3. The number of halogens is 1. The Balaban J connectivity index is 1.72. The molecule has 0 unspecified atom stereocenters. The van der Waals surface area contributed by atoms with Crippen molar-refractivity contribution in [3.05, 3.63) is 70.9 Å². The van der Waals surface area contributed by atoms with Gasteiger partial charge in [-0.15, -0.1) is 0 Å². The van der Waals surface area contributed by atoms with Gasteiger partial charge in [-0.1, -0.05) is 43.1 Å². The summed E-state index contributed by atoms with van der Waals surface area (Å²) in [4.78, 5) is 38.0. The highest BCUT2D eigenvalue weighted by Gasteiger charge is 2.38. The van der Waals surface area contributed by atoms with Crippen molar-refractivity contribution >= 4 is 40.8 Å². The molecule has 2 aromatic carbocycles. The van der Waals surface area contributed by atoms with Gasteiger partial charge in [0.1, 0.15) is 10.7 Å². The second kappa shape index (κ2) is 8.71. The Morgan fingerprint density at radius 2 is 1.71 bits per heavy atom. The summed E-state index contributed by atoms with van der Waals surface area (Å²) in [6, 6.07) is 15.0. The molecule has 6 nitrogen and oxygen atoms in total. The largest absolute Gasteiger partial charge is 0.462 e. The number of ether oxygens (including phenoxy) is 1. The van der Waals surface area contributed by atoms with Crippen LogP contribution in [-0.4, -0.2) is 24.4 Å². The van der Waals surface area contributed by atoms with E-state index in [0.29, 0.717) is 23.5 Å². The van der Waals surface area contributed by atoms with Gasteiger partial charge in [-0.05, 0) is 42.8 Å². The van der Waals surface area contributed by atoms with Gasteiger partial charge in [-0.25, -0.2) is 9.69 Å². The summed E-state index contributed by atoms with van der Waals surface area (Å²) in [5.74, 6) is -1.53. The highest BCUT2D eigenvalue weighted by molar-refractivity contribution is 6.53. The maximum atomic E-state index is 12.7. The molecule has 0 saturated heterocycles. The van der Waals surface area contributed by atoms with E-state index in [2.05, 4.69) is 5.32 Å². The number of unbranched alkanes of at least 4 members (excludes halogenated alkanes) is 1. The minimum absolute atomic E-state index is 0.00575. The van der Waals surface area contributed by atoms with Crippen LogP contribution in [0.1, 0.15) is 30.1 Å². The van der Waals surface area contributed by atoms with Gasteiger partial charge in [-0.2, -0.15) is 0 Å². The summed E-state index contributed by atoms with van der Waals surface area (Å²) in [5.41, 5.74) is 1.36. The van der Waals surface area contributed by atoms with Gasteiger partial charge < -0.3 is 10.1 Å². The molecule has 0 radical (unpaired) electrons. The van der Waals surface area contributed by atoms with E-state index in [1.807, 2.05) is 6.92 Å². The topological polar surface area (TPSA) is 75.7 Å². The van der Waals surface area contributed by atoms with Crippen molar-refractivity contribution < 1.29 is 19.1 Å². The molecule has 0 aromatic heterocycles. The SMILES string of the molecule is CCCCOC(=O)c1ccc(NC2=C(Cl)C(=O)N(c3ccccc3)C2=O)cc1. The first-order valence-corrected chi connectivity index (χ1v) is 9.28. The highest BCUT2D eigenvalue weighted by atomic mass is 35.5. The fraction of sp³-hybridized carbons (Fsp3) is 0.190. The molecular weight excluding hydrogens is 380 g/mol. The predicted octanol–water partition coefficient (Wildman–Crippen LogP) is 4.08. The number of rotatable bonds is 7. The van der Waals surface area contributed by atoms with Crippen LogP contribution in [0.5, 0.6) is 0 Å². The van der Waals surface area contributed by atoms with Gasteiger partial charge in [0, 0.05) is 5.69 Å². The van der Waals surface area contributed by atoms with Crippen LogP contribution in [0.25, 0.3) is 0 Å². The molecule has 0 atom stereocenters. The van der Waals surface area contributed by atoms with Gasteiger partial charge >= 0.3 is 5.97 Å². The number of carbonyl (C=O) groups excluding carboxylic acids is 3. The molecule has 1 heterocycles. The van der Waals surface area contributed by atoms with Gasteiger partial charge in [0.15, 0.2) is 0 Å². The van der Waals surface area contributed by atoms with E-state index in [1.54, 1.807) is 54.6 Å². The molecule has 1 aliphatic heterocycles. The average molecular weight is 399 g/mol. The third-order valence-electron chi connectivity index (χ3n) is 4.16. The molecule has 2 aromatic rings. The van der Waals surface area contributed by atoms with Crippen LogP contribution >= 0.6 is 11.6 Å². The number of anilines is 2. The molecule has 0 saturated carbocycles. The van der Waals surface area contributed by atoms with Crippen molar-refractivity contribution in [2.75, 3.05) is 16.8 Å². The quantitative estimate of drug-likeness (QED) is 0.432. The fourth-order valence-electron chi connectivity index (χ4n) is 2.65. The van der Waals surface area contributed by atoms with Crippen LogP contribution in [0.15, 0.2) is 65.3 Å². The first-order valence-electron chi connectivity index (χ1n) is 8.90. The third-order valence-corrected chi connectivity index (χ3v) is 4.51. The molecule has 1 aliphatic rings. The van der Waals surface area contributed by atoms with Crippen LogP contribution in [0.3, 0.4) is 0 Å². The Morgan fingerprint density at radius 1 is 1.04 bits per heavy atom. The van der Waals surface area contributed by atoms with Gasteiger partial charge in [0.25, 0.3) is 11.8 Å². The monoisotopic (exact) mass is 398 g/mol. The molecule has 144 valence electrons. The molecule has 28 heavy (non-hydrogen) atoms. The molecule has 0 bridgehead atoms. The van der Waals surface area contributed by atoms with E-state index < -0.39 is 17.8 Å². The number of amides is 2. The maximum Gasteiger partial charge on any atom is 0.338 e. The number of benzene rings is 2. The predicted molar refractivity (Wildman–Crippen MR) is 107 cm³/mol. The number of nitrogens with one attached hydrogen (secondary N) is 1. The summed E-state index contributed by atoms with van der Waals surface area (Å²) >= 11 is 6.10. The standard InChI is InChI=1S/C21H19ClN2O4/c1-2-3-13-28-21(27)14-9-11-15(12-10-14)23-18-17(22)19(25)24(20(18)26)16-7-5-4-6-8-16/h4-12,23H,2-3,13H2,1H3. The minimum Gasteiger partial charge on any atom is -0.462 e. The maximum absolute atomic E-state index is 12.7. The van der Waals surface area contributed by atoms with Crippen LogP contribution in [-0.2, 0) is 14.3 Å². The minimum atomic E-state index is -0.587. The second-order valence-electron chi connectivity index (χ2n) is 6.16. The zero-order valence-corrected chi connectivity index (χ0v) is 16.0. The smallest absolute Gasteiger partial charge is 0.338 e. The van der Waals surface area contributed by atoms with Crippen LogP contribution < -0.4 is 10.2 Å². The third kappa shape index (κ3) is 4.07. The van der Waals surface area contributed by atoms with Crippen molar-refractivity contribution in [2.45, 2.75) is 19.8 Å². The zero-order chi connectivity index (χ0) is 20.1. The van der Waals surface area contributed by atoms with E-state index in [0.717, 1.165) is 17.7 Å². The van der Waals surface area contributed by atoms with E-state index in [1.165, 1.54) is 0 Å². The highest BCUT2D eigenvalue weighted by Crippen LogP contribution is 2.29. The van der Waals surface area contributed by atoms with Crippen LogP contribution in [0, 0.1) is 0 Å². The lowest BCUT2D eigenvalue weighted by molar-refractivity contribution is -0.120. The summed E-state index contributed by atoms with van der Waals surface area (Å²) in [6.07, 6.45) is 1.75. The molecule has 1 N–H and O–H groups in total. The lowest BCUT2D eigenvalue weighted by Crippen LogP contribution is -2.32. The lowest BCUT2D eigenvalue weighted by Gasteiger charge is -2.14. The Labute approximate surface area is 167 Å². The van der Waals surface area contributed by atoms with Crippen LogP contribution in [0.2, 0.25) is 0 Å². The summed E-state index contributed by atoms with van der Waals surface area (Å²) < 4.78 is 5.16. The molecule has 7 heteroatoms. The Morgan fingerprint density at radius 3 is 2.36 bits per heavy atom. The normalized spacial score (nSPS) is 13.9. The van der Waals surface area contributed by atoms with Gasteiger partial charge in [0.05, 0.1) is 17.9 Å². The van der Waals surface area contributed by atoms with Gasteiger partial charge in [0.2, 0.25) is 0 Å². The van der Waals surface area contributed by atoms with Crippen molar-refractivity contribution in [2.24, 2.45) is 0 Å². The molecule has 3 rings (SSSR count). The molecular formula is C21H19ClN2O4. The second-order valence-corrected chi connectivity index (χ2v) is 6.54. The number of imide groups is 1. The molecule has 0 fully saturated rings. The summed E-state index contributed by atoms with van der Waals surface area (Å²) in [5, 5.41) is 2.69. The van der Waals surface area contributed by atoms with Crippen molar-refractivity contribution in [3.8, 4) is 0 Å². The average Bonchev–Trinajstić information content (AvgIpc) is 2.92. The Hall–Kier alpha value is -3.12. The first kappa shape index (κ1) is 19.6. The number of nitrogens with zero attached hydrogens (tertiary/aromatic N) is 1. The molecule has 0 aliphatic carbocycles. The van der Waals surface area contributed by atoms with Crippen molar-refractivity contribution in [1.29, 1.82) is 0 Å². The van der Waals surface area contributed by atoms with Crippen molar-refractivity contribution in [3.63, 3.8) is 0 Å². The van der Waals surface area contributed by atoms with E-state index in [9.17, 15) is 14.4 Å². The van der Waals surface area contributed by atoms with E-state index in [-0.39, 0.29) is 10.7 Å². The molecule has 2 amide bonds. The Kier molecular flexibility index (Phi) is 6.11. The van der Waals surface area contributed by atoms with E-state index >= 15 is 0 Å². The lowest BCUT2D eigenvalue weighted by atomic mass is 10.2. The van der Waals surface area contributed by atoms with Gasteiger partial charge in [-0.3, -0.25) is 9.59 Å². The molecule has 0 spiro atoms. The number of hydrogen-bond acceptors (Lipinski definition) is 5. The number of para-hydroxylation sites is 1. The van der Waals surface area contributed by atoms with Crippen molar-refractivity contribution in [1.82, 2.24) is 0 Å². The van der Waals surface area contributed by atoms with E-state index in [4.69, 9.17) is 16.3 Å². The Bertz CT molecular complexity index is 923. The summed E-state index contributed by atoms with van der Waals surface area (Å²) in [7, 11) is 0. The summed E-state index contributed by atoms with van der Waals surface area (Å²) in [6.45, 7) is 2.39.